The molecule has 86 valence electrons. The molecule has 1 N–H and O–H groups in total. The lowest BCUT2D eigenvalue weighted by Crippen LogP contribution is -2.36. The summed E-state index contributed by atoms with van der Waals surface area (Å²) in [5.74, 6) is 0. The van der Waals surface area contributed by atoms with Gasteiger partial charge < -0.3 is 10.2 Å². The molecule has 4 heteroatoms. The maximum absolute atomic E-state index is 4.14. The Hall–Kier alpha value is -0.870. The van der Waals surface area contributed by atoms with Crippen LogP contribution in [0.15, 0.2) is 12.4 Å². The Balaban J connectivity index is 2.25. The van der Waals surface area contributed by atoms with Gasteiger partial charge in [0.1, 0.15) is 0 Å². The first-order chi connectivity index (χ1) is 7.11. The van der Waals surface area contributed by atoms with Gasteiger partial charge in [-0.2, -0.15) is 5.10 Å². The molecule has 0 aromatic carbocycles. The Morgan fingerprint density at radius 1 is 1.60 bits per heavy atom. The molecule has 4 nitrogen and oxygen atoms in total. The number of rotatable bonds is 6. The number of nitrogens with one attached hydrogen (secondary N) is 1. The van der Waals surface area contributed by atoms with Crippen LogP contribution in [0.1, 0.15) is 19.4 Å². The van der Waals surface area contributed by atoms with Gasteiger partial charge in [0.05, 0.1) is 6.20 Å². The van der Waals surface area contributed by atoms with E-state index in [1.807, 2.05) is 24.1 Å². The molecule has 0 saturated carbocycles. The maximum atomic E-state index is 4.14. The molecule has 0 aliphatic carbocycles. The summed E-state index contributed by atoms with van der Waals surface area (Å²) < 4.78 is 1.83. The second-order valence-corrected chi connectivity index (χ2v) is 4.16. The Bertz CT molecular complexity index is 282. The van der Waals surface area contributed by atoms with Crippen LogP contribution < -0.4 is 5.32 Å². The van der Waals surface area contributed by atoms with Crippen LogP contribution >= 0.6 is 0 Å². The molecule has 0 aliphatic rings. The quantitative estimate of drug-likeness (QED) is 0.755. The fourth-order valence-corrected chi connectivity index (χ4v) is 1.52. The minimum atomic E-state index is 0.509. The summed E-state index contributed by atoms with van der Waals surface area (Å²) in [4.78, 5) is 2.31. The fraction of sp³-hybridized carbons (Fsp3) is 0.727. The highest BCUT2D eigenvalue weighted by molar-refractivity contribution is 5.02. The molecule has 0 radical (unpaired) electrons. The summed E-state index contributed by atoms with van der Waals surface area (Å²) in [6.07, 6.45) is 3.95. The van der Waals surface area contributed by atoms with Crippen LogP contribution in [0.5, 0.6) is 0 Å². The predicted octanol–water partition coefficient (Wildman–Crippen LogP) is 0.850. The highest BCUT2D eigenvalue weighted by atomic mass is 15.2. The van der Waals surface area contributed by atoms with Crippen molar-refractivity contribution in [2.45, 2.75) is 26.4 Å². The number of nitrogens with zero attached hydrogens (tertiary/aromatic N) is 3. The summed E-state index contributed by atoms with van der Waals surface area (Å²) in [5, 5.41) is 7.62. The first-order valence-corrected chi connectivity index (χ1v) is 5.51. The van der Waals surface area contributed by atoms with Crippen molar-refractivity contribution in [1.82, 2.24) is 20.0 Å². The number of hydrogen-bond donors (Lipinski definition) is 1. The average molecular weight is 210 g/mol. The Labute approximate surface area is 92.3 Å². The Kier molecular flexibility index (Phi) is 4.78. The lowest BCUT2D eigenvalue weighted by molar-refractivity contribution is 0.309. The molecular weight excluding hydrogens is 188 g/mol. The van der Waals surface area contributed by atoms with Crippen molar-refractivity contribution in [3.63, 3.8) is 0 Å². The minimum Gasteiger partial charge on any atom is -0.309 e. The predicted molar refractivity (Wildman–Crippen MR) is 62.7 cm³/mol. The molecular formula is C11H22N4. The van der Waals surface area contributed by atoms with E-state index in [0.717, 1.165) is 19.6 Å². The van der Waals surface area contributed by atoms with Gasteiger partial charge in [0.2, 0.25) is 0 Å². The van der Waals surface area contributed by atoms with Gasteiger partial charge in [0, 0.05) is 37.9 Å². The van der Waals surface area contributed by atoms with Crippen LogP contribution in [0.4, 0.5) is 0 Å². The van der Waals surface area contributed by atoms with Gasteiger partial charge in [0.25, 0.3) is 0 Å². The summed E-state index contributed by atoms with van der Waals surface area (Å²) in [6.45, 7) is 7.46. The summed E-state index contributed by atoms with van der Waals surface area (Å²) in [5.41, 5.74) is 1.24. The van der Waals surface area contributed by atoms with Crippen LogP contribution in [0, 0.1) is 0 Å². The highest BCUT2D eigenvalue weighted by Gasteiger charge is 2.04. The molecule has 1 unspecified atom stereocenters. The second-order valence-electron chi connectivity index (χ2n) is 4.16. The number of likely N-dealkylation sites (N-methyl/N-ethyl adjacent to an activating group) is 1. The van der Waals surface area contributed by atoms with Gasteiger partial charge >= 0.3 is 0 Å². The summed E-state index contributed by atoms with van der Waals surface area (Å²) in [6, 6.07) is 0.509. The van der Waals surface area contributed by atoms with E-state index >= 15 is 0 Å². The third kappa shape index (κ3) is 4.44. The minimum absolute atomic E-state index is 0.509. The van der Waals surface area contributed by atoms with E-state index in [0.29, 0.717) is 6.04 Å². The lowest BCUT2D eigenvalue weighted by Gasteiger charge is -2.20. The molecule has 0 spiro atoms. The van der Waals surface area contributed by atoms with Crippen molar-refractivity contribution >= 4 is 0 Å². The van der Waals surface area contributed by atoms with Crippen molar-refractivity contribution in [3.05, 3.63) is 18.0 Å². The molecule has 1 heterocycles. The van der Waals surface area contributed by atoms with E-state index in [1.165, 1.54) is 5.56 Å². The van der Waals surface area contributed by atoms with Gasteiger partial charge in [-0.3, -0.25) is 4.68 Å². The molecule has 0 aliphatic heterocycles. The van der Waals surface area contributed by atoms with E-state index in [-0.39, 0.29) is 0 Å². The largest absolute Gasteiger partial charge is 0.309 e. The molecule has 0 amide bonds. The molecule has 1 aromatic heterocycles. The zero-order valence-corrected chi connectivity index (χ0v) is 10.2. The molecule has 0 fully saturated rings. The van der Waals surface area contributed by atoms with Crippen molar-refractivity contribution in [3.8, 4) is 0 Å². The van der Waals surface area contributed by atoms with Crippen molar-refractivity contribution < 1.29 is 0 Å². The SMILES string of the molecule is CCN(C)CC(C)NCc1cnn(C)c1. The number of aryl methyl sites for hydroxylation is 1. The Morgan fingerprint density at radius 3 is 2.87 bits per heavy atom. The topological polar surface area (TPSA) is 33.1 Å². The summed E-state index contributed by atoms with van der Waals surface area (Å²) >= 11 is 0. The normalized spacial score (nSPS) is 13.4. The smallest absolute Gasteiger partial charge is 0.0534 e. The van der Waals surface area contributed by atoms with E-state index < -0.39 is 0 Å². The van der Waals surface area contributed by atoms with Gasteiger partial charge in [-0.1, -0.05) is 6.92 Å². The van der Waals surface area contributed by atoms with E-state index in [9.17, 15) is 0 Å². The molecule has 1 atom stereocenters. The van der Waals surface area contributed by atoms with Crippen LogP contribution in [0.25, 0.3) is 0 Å². The zero-order valence-electron chi connectivity index (χ0n) is 10.2. The number of aromatic nitrogens is 2. The van der Waals surface area contributed by atoms with Gasteiger partial charge in [-0.05, 0) is 20.5 Å². The van der Waals surface area contributed by atoms with E-state index in [4.69, 9.17) is 0 Å². The van der Waals surface area contributed by atoms with Crippen LogP contribution in [-0.2, 0) is 13.6 Å². The lowest BCUT2D eigenvalue weighted by atomic mass is 10.3. The maximum Gasteiger partial charge on any atom is 0.0534 e. The van der Waals surface area contributed by atoms with Crippen molar-refractivity contribution in [2.75, 3.05) is 20.1 Å². The van der Waals surface area contributed by atoms with Gasteiger partial charge in [-0.25, -0.2) is 0 Å². The third-order valence-electron chi connectivity index (χ3n) is 2.54. The van der Waals surface area contributed by atoms with Gasteiger partial charge in [0.15, 0.2) is 0 Å². The fourth-order valence-electron chi connectivity index (χ4n) is 1.52. The van der Waals surface area contributed by atoms with Crippen LogP contribution in [-0.4, -0.2) is 40.9 Å². The van der Waals surface area contributed by atoms with Gasteiger partial charge in [-0.15, -0.1) is 0 Å². The van der Waals surface area contributed by atoms with E-state index in [2.05, 4.69) is 36.2 Å². The average Bonchev–Trinajstić information content (AvgIpc) is 2.61. The van der Waals surface area contributed by atoms with Crippen LogP contribution in [0.3, 0.4) is 0 Å². The molecule has 1 aromatic rings. The zero-order chi connectivity index (χ0) is 11.3. The van der Waals surface area contributed by atoms with Crippen LogP contribution in [0.2, 0.25) is 0 Å². The monoisotopic (exact) mass is 210 g/mol. The highest BCUT2D eigenvalue weighted by Crippen LogP contribution is 1.97. The molecule has 0 bridgehead atoms. The summed E-state index contributed by atoms with van der Waals surface area (Å²) in [7, 11) is 4.08. The first-order valence-electron chi connectivity index (χ1n) is 5.51. The molecule has 1 rings (SSSR count). The third-order valence-corrected chi connectivity index (χ3v) is 2.54. The van der Waals surface area contributed by atoms with Crippen molar-refractivity contribution in [2.24, 2.45) is 7.05 Å². The molecule has 15 heavy (non-hydrogen) atoms. The van der Waals surface area contributed by atoms with Crippen molar-refractivity contribution in [1.29, 1.82) is 0 Å². The van der Waals surface area contributed by atoms with E-state index in [1.54, 1.807) is 0 Å². The molecule has 0 saturated heterocycles. The standard InChI is InChI=1S/C11H22N4/c1-5-14(3)8-10(2)12-6-11-7-13-15(4)9-11/h7,9-10,12H,5-6,8H2,1-4H3. The Morgan fingerprint density at radius 2 is 2.33 bits per heavy atom. The second kappa shape index (κ2) is 5.88. The number of hydrogen-bond acceptors (Lipinski definition) is 3. The first kappa shape index (κ1) is 12.2.